The zero-order chi connectivity index (χ0) is 14.0. The summed E-state index contributed by atoms with van der Waals surface area (Å²) in [7, 11) is 0. The summed E-state index contributed by atoms with van der Waals surface area (Å²) in [5.41, 5.74) is -1.23. The Labute approximate surface area is 105 Å². The van der Waals surface area contributed by atoms with Crippen LogP contribution in [0.4, 0.5) is 17.6 Å². The molecule has 2 nitrogen and oxygen atoms in total. The molecule has 0 saturated carbocycles. The van der Waals surface area contributed by atoms with Crippen molar-refractivity contribution in [3.05, 3.63) is 53.6 Å². The van der Waals surface area contributed by atoms with E-state index in [2.05, 4.69) is 4.98 Å². The molecule has 0 spiro atoms. The molecular weight excluding hydrogens is 262 g/mol. The van der Waals surface area contributed by atoms with Crippen LogP contribution in [0.25, 0.3) is 11.1 Å². The fourth-order valence-electron chi connectivity index (χ4n) is 1.69. The molecule has 0 aliphatic heterocycles. The minimum Gasteiger partial charge on any atom is -0.298 e. The number of hydrogen-bond acceptors (Lipinski definition) is 2. The van der Waals surface area contributed by atoms with Gasteiger partial charge in [0.25, 0.3) is 0 Å². The molecule has 0 saturated heterocycles. The Kier molecular flexibility index (Phi) is 3.33. The van der Waals surface area contributed by atoms with Gasteiger partial charge in [0.05, 0.1) is 5.56 Å². The molecule has 1 heterocycles. The van der Waals surface area contributed by atoms with Gasteiger partial charge in [0, 0.05) is 17.3 Å². The minimum atomic E-state index is -4.53. The highest BCUT2D eigenvalue weighted by molar-refractivity contribution is 5.87. The normalized spacial score (nSPS) is 11.4. The Balaban J connectivity index is 2.63. The quantitative estimate of drug-likeness (QED) is 0.472. The molecule has 0 N–H and O–H groups in total. The van der Waals surface area contributed by atoms with Gasteiger partial charge in [0.15, 0.2) is 6.29 Å². The van der Waals surface area contributed by atoms with Gasteiger partial charge in [0.2, 0.25) is 5.95 Å². The van der Waals surface area contributed by atoms with E-state index in [0.717, 1.165) is 24.4 Å². The largest absolute Gasteiger partial charge is 0.416 e. The second-order valence-electron chi connectivity index (χ2n) is 3.76. The average molecular weight is 269 g/mol. The van der Waals surface area contributed by atoms with Gasteiger partial charge in [-0.05, 0) is 23.8 Å². The number of aromatic nitrogens is 1. The highest BCUT2D eigenvalue weighted by Gasteiger charge is 2.30. The van der Waals surface area contributed by atoms with Crippen LogP contribution in [-0.2, 0) is 6.18 Å². The van der Waals surface area contributed by atoms with E-state index in [4.69, 9.17) is 0 Å². The molecule has 2 rings (SSSR count). The smallest absolute Gasteiger partial charge is 0.298 e. The Morgan fingerprint density at radius 1 is 1.16 bits per heavy atom. The third-order valence-corrected chi connectivity index (χ3v) is 2.54. The number of nitrogens with zero attached hydrogens (tertiary/aromatic N) is 1. The molecule has 2 aromatic rings. The first-order valence-electron chi connectivity index (χ1n) is 5.21. The lowest BCUT2D eigenvalue weighted by Gasteiger charge is -2.10. The van der Waals surface area contributed by atoms with Crippen LogP contribution in [0.1, 0.15) is 15.9 Å². The first-order valence-corrected chi connectivity index (χ1v) is 5.21. The number of carbonyl (C=O) groups excluding carboxylic acids is 1. The second-order valence-corrected chi connectivity index (χ2v) is 3.76. The van der Waals surface area contributed by atoms with E-state index in [1.165, 1.54) is 12.1 Å². The maximum atomic E-state index is 13.6. The lowest BCUT2D eigenvalue weighted by Crippen LogP contribution is -2.05. The first kappa shape index (κ1) is 13.2. The first-order chi connectivity index (χ1) is 8.93. The molecule has 0 unspecified atom stereocenters. The fraction of sp³-hybridized carbons (Fsp3) is 0.0769. The van der Waals surface area contributed by atoms with Crippen molar-refractivity contribution in [1.82, 2.24) is 4.98 Å². The molecule has 0 aliphatic rings. The Hall–Kier alpha value is -2.24. The molecule has 98 valence electrons. The number of alkyl halides is 3. The summed E-state index contributed by atoms with van der Waals surface area (Å²) in [5, 5.41) is 0. The van der Waals surface area contributed by atoms with Crippen molar-refractivity contribution in [1.29, 1.82) is 0 Å². The Morgan fingerprint density at radius 3 is 2.53 bits per heavy atom. The summed E-state index contributed by atoms with van der Waals surface area (Å²) >= 11 is 0. The van der Waals surface area contributed by atoms with Gasteiger partial charge in [-0.25, -0.2) is 4.98 Å². The molecule has 0 amide bonds. The molecule has 0 bridgehead atoms. The predicted molar refractivity (Wildman–Crippen MR) is 60.0 cm³/mol. The highest BCUT2D eigenvalue weighted by atomic mass is 19.4. The third kappa shape index (κ3) is 2.62. The van der Waals surface area contributed by atoms with E-state index in [-0.39, 0.29) is 16.7 Å². The van der Waals surface area contributed by atoms with E-state index in [1.54, 1.807) is 0 Å². The number of carbonyl (C=O) groups is 1. The van der Waals surface area contributed by atoms with Crippen molar-refractivity contribution < 1.29 is 22.4 Å². The molecule has 19 heavy (non-hydrogen) atoms. The number of hydrogen-bond donors (Lipinski definition) is 0. The van der Waals surface area contributed by atoms with Crippen molar-refractivity contribution in [2.75, 3.05) is 0 Å². The van der Waals surface area contributed by atoms with Crippen molar-refractivity contribution in [3.8, 4) is 11.1 Å². The Bertz CT molecular complexity index is 622. The van der Waals surface area contributed by atoms with E-state index < -0.39 is 17.7 Å². The molecule has 1 aromatic heterocycles. The fourth-order valence-corrected chi connectivity index (χ4v) is 1.69. The topological polar surface area (TPSA) is 30.0 Å². The lowest BCUT2D eigenvalue weighted by molar-refractivity contribution is -0.137. The van der Waals surface area contributed by atoms with Gasteiger partial charge >= 0.3 is 6.18 Å². The van der Waals surface area contributed by atoms with Crippen LogP contribution in [0.15, 0.2) is 36.5 Å². The van der Waals surface area contributed by atoms with Gasteiger partial charge in [-0.3, -0.25) is 4.79 Å². The van der Waals surface area contributed by atoms with Crippen LogP contribution in [0.3, 0.4) is 0 Å². The van der Waals surface area contributed by atoms with Crippen LogP contribution >= 0.6 is 0 Å². The van der Waals surface area contributed by atoms with Crippen molar-refractivity contribution in [2.24, 2.45) is 0 Å². The van der Waals surface area contributed by atoms with Crippen LogP contribution in [0.2, 0.25) is 0 Å². The zero-order valence-corrected chi connectivity index (χ0v) is 9.41. The van der Waals surface area contributed by atoms with E-state index in [0.29, 0.717) is 6.29 Å². The van der Waals surface area contributed by atoms with Crippen molar-refractivity contribution in [2.45, 2.75) is 6.18 Å². The summed E-state index contributed by atoms with van der Waals surface area (Å²) in [6.07, 6.45) is -3.08. The van der Waals surface area contributed by atoms with E-state index in [9.17, 15) is 22.4 Å². The molecule has 0 fully saturated rings. The van der Waals surface area contributed by atoms with Crippen LogP contribution in [0, 0.1) is 5.95 Å². The maximum Gasteiger partial charge on any atom is 0.416 e. The second kappa shape index (κ2) is 4.79. The number of halogens is 4. The number of benzene rings is 1. The molecule has 6 heteroatoms. The maximum absolute atomic E-state index is 13.6. The third-order valence-electron chi connectivity index (χ3n) is 2.54. The Morgan fingerprint density at radius 2 is 1.89 bits per heavy atom. The molecule has 0 radical (unpaired) electrons. The van der Waals surface area contributed by atoms with Gasteiger partial charge in [0.1, 0.15) is 0 Å². The highest BCUT2D eigenvalue weighted by Crippen LogP contribution is 2.33. The number of rotatable bonds is 2. The summed E-state index contributed by atoms with van der Waals surface area (Å²) in [4.78, 5) is 14.2. The van der Waals surface area contributed by atoms with Crippen molar-refractivity contribution >= 4 is 6.29 Å². The van der Waals surface area contributed by atoms with Gasteiger partial charge in [-0.2, -0.15) is 17.6 Å². The average Bonchev–Trinajstić information content (AvgIpc) is 2.37. The lowest BCUT2D eigenvalue weighted by atomic mass is 10.0. The zero-order valence-electron chi connectivity index (χ0n) is 9.41. The van der Waals surface area contributed by atoms with E-state index in [1.807, 2.05) is 0 Å². The van der Waals surface area contributed by atoms with E-state index >= 15 is 0 Å². The van der Waals surface area contributed by atoms with Crippen LogP contribution in [0.5, 0.6) is 0 Å². The summed E-state index contributed by atoms with van der Waals surface area (Å²) in [5.74, 6) is -0.982. The summed E-state index contributed by atoms with van der Waals surface area (Å²) in [6, 6.07) is 5.35. The van der Waals surface area contributed by atoms with Gasteiger partial charge in [-0.15, -0.1) is 0 Å². The minimum absolute atomic E-state index is 0.0393. The van der Waals surface area contributed by atoms with Crippen LogP contribution in [-0.4, -0.2) is 11.3 Å². The summed E-state index contributed by atoms with van der Waals surface area (Å²) in [6.45, 7) is 0. The van der Waals surface area contributed by atoms with Crippen molar-refractivity contribution in [3.63, 3.8) is 0 Å². The standard InChI is InChI=1S/C13H7F4NO/c14-12-11(9(7-19)4-5-18-12)8-2-1-3-10(6-8)13(15,16)17/h1-7H. The summed E-state index contributed by atoms with van der Waals surface area (Å²) < 4.78 is 51.4. The number of aldehydes is 1. The number of pyridine rings is 1. The molecule has 1 aromatic carbocycles. The monoisotopic (exact) mass is 269 g/mol. The molecule has 0 atom stereocenters. The predicted octanol–water partition coefficient (Wildman–Crippen LogP) is 3.72. The molecule has 0 aliphatic carbocycles. The van der Waals surface area contributed by atoms with Gasteiger partial charge < -0.3 is 0 Å². The molecular formula is C13H7F4NO. The van der Waals surface area contributed by atoms with Crippen LogP contribution < -0.4 is 0 Å². The van der Waals surface area contributed by atoms with Gasteiger partial charge in [-0.1, -0.05) is 12.1 Å². The SMILES string of the molecule is O=Cc1ccnc(F)c1-c1cccc(C(F)(F)F)c1.